The van der Waals surface area contributed by atoms with Crippen LogP contribution >= 0.6 is 0 Å². The van der Waals surface area contributed by atoms with Crippen LogP contribution in [0.1, 0.15) is 32.3 Å². The minimum absolute atomic E-state index is 0.150. The molecule has 2 heterocycles. The van der Waals surface area contributed by atoms with Gasteiger partial charge in [0.05, 0.1) is 5.56 Å². The van der Waals surface area contributed by atoms with Crippen LogP contribution < -0.4 is 11.5 Å². The molecule has 0 unspecified atom stereocenters. The number of primary amides is 1. The molecule has 6 heteroatoms. The van der Waals surface area contributed by atoms with Gasteiger partial charge < -0.3 is 16.4 Å². The van der Waals surface area contributed by atoms with E-state index in [0.717, 1.165) is 0 Å². The molecule has 2 atom stereocenters. The van der Waals surface area contributed by atoms with Crippen LogP contribution in [0.5, 0.6) is 0 Å². The van der Waals surface area contributed by atoms with Crippen molar-refractivity contribution in [3.05, 3.63) is 65.5 Å². The van der Waals surface area contributed by atoms with Crippen LogP contribution in [-0.2, 0) is 0 Å². The average molecular weight is 324 g/mol. The van der Waals surface area contributed by atoms with E-state index >= 15 is 0 Å². The number of nitrogens with zero attached hydrogens (tertiary/aromatic N) is 2. The van der Waals surface area contributed by atoms with E-state index < -0.39 is 5.91 Å². The van der Waals surface area contributed by atoms with Crippen LogP contribution in [0.4, 0.5) is 0 Å². The molecule has 1 fully saturated rings. The number of likely N-dealkylation sites (tertiary alicyclic amines) is 1. The standard InChI is InChI=1S/C18H20N4O2/c19-8-14-10-22(11-15(14)12-4-2-1-3-5-12)18(24)16-7-6-13(9-21-16)17(20)23/h1-7,9,14-15H,8,10-11,19H2,(H2,20,23)/t14-,15+/m1/s1. The molecule has 2 amide bonds. The molecule has 2 aromatic rings. The summed E-state index contributed by atoms with van der Waals surface area (Å²) in [5.41, 5.74) is 12.9. The Morgan fingerprint density at radius 1 is 1.12 bits per heavy atom. The van der Waals surface area contributed by atoms with Gasteiger partial charge in [-0.25, -0.2) is 0 Å². The summed E-state index contributed by atoms with van der Waals surface area (Å²) in [6.45, 7) is 1.75. The Kier molecular flexibility index (Phi) is 4.57. The first-order chi connectivity index (χ1) is 11.6. The average Bonchev–Trinajstić information content (AvgIpc) is 3.06. The summed E-state index contributed by atoms with van der Waals surface area (Å²) in [5, 5.41) is 0. The van der Waals surface area contributed by atoms with Gasteiger partial charge in [0.1, 0.15) is 5.69 Å². The summed E-state index contributed by atoms with van der Waals surface area (Å²) in [4.78, 5) is 29.6. The van der Waals surface area contributed by atoms with Crippen molar-refractivity contribution in [2.45, 2.75) is 5.92 Å². The molecular weight excluding hydrogens is 304 g/mol. The van der Waals surface area contributed by atoms with Gasteiger partial charge in [0.2, 0.25) is 5.91 Å². The van der Waals surface area contributed by atoms with Gasteiger partial charge in [0.15, 0.2) is 0 Å². The molecule has 124 valence electrons. The van der Waals surface area contributed by atoms with E-state index in [4.69, 9.17) is 11.5 Å². The smallest absolute Gasteiger partial charge is 0.272 e. The van der Waals surface area contributed by atoms with Crippen LogP contribution in [0, 0.1) is 5.92 Å². The monoisotopic (exact) mass is 324 g/mol. The molecule has 0 bridgehead atoms. The summed E-state index contributed by atoms with van der Waals surface area (Å²) < 4.78 is 0. The van der Waals surface area contributed by atoms with Crippen LogP contribution in [0.25, 0.3) is 0 Å². The Morgan fingerprint density at radius 2 is 1.88 bits per heavy atom. The number of benzene rings is 1. The second-order valence-corrected chi connectivity index (χ2v) is 6.02. The molecule has 1 aliphatic heterocycles. The van der Waals surface area contributed by atoms with Gasteiger partial charge in [0, 0.05) is 25.2 Å². The molecule has 1 aromatic heterocycles. The topological polar surface area (TPSA) is 102 Å². The Hall–Kier alpha value is -2.73. The zero-order valence-electron chi connectivity index (χ0n) is 13.3. The molecule has 3 rings (SSSR count). The number of pyridine rings is 1. The van der Waals surface area contributed by atoms with Crippen LogP contribution in [0.2, 0.25) is 0 Å². The summed E-state index contributed by atoms with van der Waals surface area (Å²) >= 11 is 0. The summed E-state index contributed by atoms with van der Waals surface area (Å²) in [6, 6.07) is 13.2. The first kappa shape index (κ1) is 16.1. The minimum atomic E-state index is -0.560. The number of nitrogens with two attached hydrogens (primary N) is 2. The van der Waals surface area contributed by atoms with Gasteiger partial charge in [-0.2, -0.15) is 0 Å². The first-order valence-corrected chi connectivity index (χ1v) is 7.90. The molecule has 1 aromatic carbocycles. The Labute approximate surface area is 140 Å². The molecule has 0 spiro atoms. The highest BCUT2D eigenvalue weighted by atomic mass is 16.2. The fourth-order valence-corrected chi connectivity index (χ4v) is 3.18. The zero-order chi connectivity index (χ0) is 17.1. The van der Waals surface area contributed by atoms with E-state index in [1.165, 1.54) is 23.9 Å². The summed E-state index contributed by atoms with van der Waals surface area (Å²) in [6.07, 6.45) is 1.33. The highest BCUT2D eigenvalue weighted by Crippen LogP contribution is 2.32. The van der Waals surface area contributed by atoms with Crippen LogP contribution in [-0.4, -0.2) is 41.3 Å². The third-order valence-electron chi connectivity index (χ3n) is 4.53. The maximum absolute atomic E-state index is 12.7. The van der Waals surface area contributed by atoms with E-state index in [0.29, 0.717) is 25.3 Å². The largest absolute Gasteiger partial charge is 0.366 e. The normalized spacial score (nSPS) is 20.1. The van der Waals surface area contributed by atoms with Crippen molar-refractivity contribution in [3.63, 3.8) is 0 Å². The molecule has 4 N–H and O–H groups in total. The van der Waals surface area contributed by atoms with Gasteiger partial charge in [-0.15, -0.1) is 0 Å². The zero-order valence-corrected chi connectivity index (χ0v) is 13.3. The van der Waals surface area contributed by atoms with Crippen molar-refractivity contribution in [1.29, 1.82) is 0 Å². The van der Waals surface area contributed by atoms with Crippen LogP contribution in [0.3, 0.4) is 0 Å². The molecule has 1 aliphatic rings. The summed E-state index contributed by atoms with van der Waals surface area (Å²) in [5.74, 6) is -0.260. The van der Waals surface area contributed by atoms with E-state index in [-0.39, 0.29) is 23.3 Å². The van der Waals surface area contributed by atoms with Gasteiger partial charge >= 0.3 is 0 Å². The summed E-state index contributed by atoms with van der Waals surface area (Å²) in [7, 11) is 0. The third kappa shape index (κ3) is 3.14. The molecule has 6 nitrogen and oxygen atoms in total. The number of carbonyl (C=O) groups is 2. The fraction of sp³-hybridized carbons (Fsp3) is 0.278. The first-order valence-electron chi connectivity index (χ1n) is 7.90. The molecule has 24 heavy (non-hydrogen) atoms. The second-order valence-electron chi connectivity index (χ2n) is 6.02. The molecular formula is C18H20N4O2. The highest BCUT2D eigenvalue weighted by Gasteiger charge is 2.35. The van der Waals surface area contributed by atoms with E-state index in [1.54, 1.807) is 4.90 Å². The maximum Gasteiger partial charge on any atom is 0.272 e. The second kappa shape index (κ2) is 6.80. The SMILES string of the molecule is NC[C@@H]1CN(C(=O)c2ccc(C(N)=O)cn2)C[C@H]1c1ccccc1. The lowest BCUT2D eigenvalue weighted by molar-refractivity contribution is 0.0780. The highest BCUT2D eigenvalue weighted by molar-refractivity contribution is 5.95. The molecule has 0 saturated carbocycles. The van der Waals surface area contributed by atoms with Crippen LogP contribution in [0.15, 0.2) is 48.7 Å². The number of amides is 2. The maximum atomic E-state index is 12.7. The Balaban J connectivity index is 1.77. The fourth-order valence-electron chi connectivity index (χ4n) is 3.18. The van der Waals surface area contributed by atoms with Gasteiger partial charge in [0.25, 0.3) is 5.91 Å². The van der Waals surface area contributed by atoms with Crippen molar-refractivity contribution < 1.29 is 9.59 Å². The molecule has 0 radical (unpaired) electrons. The number of hydrogen-bond acceptors (Lipinski definition) is 4. The van der Waals surface area contributed by atoms with Crippen molar-refractivity contribution in [2.75, 3.05) is 19.6 Å². The number of rotatable bonds is 4. The van der Waals surface area contributed by atoms with E-state index in [2.05, 4.69) is 17.1 Å². The van der Waals surface area contributed by atoms with Gasteiger partial charge in [-0.1, -0.05) is 30.3 Å². The number of carbonyl (C=O) groups excluding carboxylic acids is 2. The van der Waals surface area contributed by atoms with Crippen molar-refractivity contribution in [2.24, 2.45) is 17.4 Å². The van der Waals surface area contributed by atoms with Crippen molar-refractivity contribution in [3.8, 4) is 0 Å². The van der Waals surface area contributed by atoms with E-state index in [9.17, 15) is 9.59 Å². The quantitative estimate of drug-likeness (QED) is 0.875. The Bertz CT molecular complexity index is 730. The lowest BCUT2D eigenvalue weighted by atomic mass is 9.89. The number of hydrogen-bond donors (Lipinski definition) is 2. The van der Waals surface area contributed by atoms with E-state index in [1.807, 2.05) is 18.2 Å². The van der Waals surface area contributed by atoms with Crippen molar-refractivity contribution >= 4 is 11.8 Å². The molecule has 1 saturated heterocycles. The lowest BCUT2D eigenvalue weighted by Crippen LogP contribution is -2.30. The van der Waals surface area contributed by atoms with Gasteiger partial charge in [-0.3, -0.25) is 14.6 Å². The Morgan fingerprint density at radius 3 is 2.46 bits per heavy atom. The lowest BCUT2D eigenvalue weighted by Gasteiger charge is -2.16. The third-order valence-corrected chi connectivity index (χ3v) is 4.53. The number of aromatic nitrogens is 1. The predicted molar refractivity (Wildman–Crippen MR) is 90.4 cm³/mol. The van der Waals surface area contributed by atoms with Gasteiger partial charge in [-0.05, 0) is 30.2 Å². The predicted octanol–water partition coefficient (Wildman–Crippen LogP) is 0.995. The molecule has 0 aliphatic carbocycles. The van der Waals surface area contributed by atoms with Crippen molar-refractivity contribution in [1.82, 2.24) is 9.88 Å². The minimum Gasteiger partial charge on any atom is -0.366 e.